The van der Waals surface area contributed by atoms with Crippen LogP contribution in [-0.2, 0) is 11.3 Å². The van der Waals surface area contributed by atoms with Gasteiger partial charge in [-0.05, 0) is 6.42 Å². The number of ether oxygens (including phenoxy) is 1. The second-order valence-electron chi connectivity index (χ2n) is 3.75. The molecule has 0 aliphatic heterocycles. The summed E-state index contributed by atoms with van der Waals surface area (Å²) < 4.78 is 5.32. The topological polar surface area (TPSA) is 64.4 Å². The van der Waals surface area contributed by atoms with Gasteiger partial charge in [-0.2, -0.15) is 0 Å². The zero-order valence-corrected chi connectivity index (χ0v) is 10.3. The number of nitro groups is 1. The molecule has 1 aromatic rings. The Morgan fingerprint density at radius 2 is 2.17 bits per heavy atom. The average molecular weight is 250 g/mol. The SMILES string of the molecule is C=CCCOCCNCc1ccccc1[N+](=O)[O-]. The first-order chi connectivity index (χ1) is 8.75. The van der Waals surface area contributed by atoms with Crippen LogP contribution in [-0.4, -0.2) is 24.7 Å². The van der Waals surface area contributed by atoms with Gasteiger partial charge in [-0.1, -0.05) is 24.3 Å². The van der Waals surface area contributed by atoms with Crippen molar-refractivity contribution in [1.82, 2.24) is 5.32 Å². The maximum absolute atomic E-state index is 10.8. The zero-order valence-electron chi connectivity index (χ0n) is 10.3. The van der Waals surface area contributed by atoms with Gasteiger partial charge < -0.3 is 10.1 Å². The summed E-state index contributed by atoms with van der Waals surface area (Å²) >= 11 is 0. The van der Waals surface area contributed by atoms with Gasteiger partial charge in [0.2, 0.25) is 0 Å². The third kappa shape index (κ3) is 5.07. The molecule has 1 N–H and O–H groups in total. The van der Waals surface area contributed by atoms with Crippen molar-refractivity contribution in [2.45, 2.75) is 13.0 Å². The molecule has 0 unspecified atom stereocenters. The predicted octanol–water partition coefficient (Wildman–Crippen LogP) is 2.28. The Morgan fingerprint density at radius 3 is 2.89 bits per heavy atom. The highest BCUT2D eigenvalue weighted by molar-refractivity contribution is 5.39. The van der Waals surface area contributed by atoms with Gasteiger partial charge in [-0.15, -0.1) is 6.58 Å². The Morgan fingerprint density at radius 1 is 1.39 bits per heavy atom. The van der Waals surface area contributed by atoms with Gasteiger partial charge in [0, 0.05) is 24.7 Å². The summed E-state index contributed by atoms with van der Waals surface area (Å²) in [4.78, 5) is 10.4. The summed E-state index contributed by atoms with van der Waals surface area (Å²) in [5.74, 6) is 0. The number of hydrogen-bond donors (Lipinski definition) is 1. The van der Waals surface area contributed by atoms with Crippen molar-refractivity contribution in [3.8, 4) is 0 Å². The molecule has 0 amide bonds. The van der Waals surface area contributed by atoms with E-state index in [0.29, 0.717) is 31.9 Å². The van der Waals surface area contributed by atoms with Crippen LogP contribution in [0.25, 0.3) is 0 Å². The Bertz CT molecular complexity index is 394. The van der Waals surface area contributed by atoms with Crippen molar-refractivity contribution in [3.05, 3.63) is 52.6 Å². The Labute approximate surface area is 107 Å². The molecule has 5 nitrogen and oxygen atoms in total. The summed E-state index contributed by atoms with van der Waals surface area (Å²) in [6, 6.07) is 6.73. The van der Waals surface area contributed by atoms with E-state index in [9.17, 15) is 10.1 Å². The molecule has 98 valence electrons. The van der Waals surface area contributed by atoms with Crippen molar-refractivity contribution >= 4 is 5.69 Å². The van der Waals surface area contributed by atoms with E-state index >= 15 is 0 Å². The summed E-state index contributed by atoms with van der Waals surface area (Å²) in [7, 11) is 0. The van der Waals surface area contributed by atoms with Crippen molar-refractivity contribution in [2.75, 3.05) is 19.8 Å². The lowest BCUT2D eigenvalue weighted by Crippen LogP contribution is -2.20. The van der Waals surface area contributed by atoms with E-state index in [2.05, 4.69) is 11.9 Å². The first kappa shape index (κ1) is 14.3. The summed E-state index contributed by atoms with van der Waals surface area (Å²) in [5.41, 5.74) is 0.839. The number of nitrogens with zero attached hydrogens (tertiary/aromatic N) is 1. The fraction of sp³-hybridized carbons (Fsp3) is 0.385. The minimum Gasteiger partial charge on any atom is -0.380 e. The Kier molecular flexibility index (Phi) is 6.68. The van der Waals surface area contributed by atoms with Gasteiger partial charge in [0.1, 0.15) is 0 Å². The van der Waals surface area contributed by atoms with Crippen LogP contribution in [0.15, 0.2) is 36.9 Å². The van der Waals surface area contributed by atoms with Gasteiger partial charge in [0.05, 0.1) is 18.1 Å². The maximum atomic E-state index is 10.8. The number of hydrogen-bond acceptors (Lipinski definition) is 4. The smallest absolute Gasteiger partial charge is 0.273 e. The Balaban J connectivity index is 2.27. The number of rotatable bonds is 9. The standard InChI is InChI=1S/C13H18N2O3/c1-2-3-9-18-10-8-14-11-12-6-4-5-7-13(12)15(16)17/h2,4-7,14H,1,3,8-11H2. The van der Waals surface area contributed by atoms with Gasteiger partial charge in [0.25, 0.3) is 5.69 Å². The molecule has 18 heavy (non-hydrogen) atoms. The monoisotopic (exact) mass is 250 g/mol. The fourth-order valence-corrected chi connectivity index (χ4v) is 1.47. The maximum Gasteiger partial charge on any atom is 0.273 e. The van der Waals surface area contributed by atoms with Crippen molar-refractivity contribution in [1.29, 1.82) is 0 Å². The highest BCUT2D eigenvalue weighted by Gasteiger charge is 2.10. The third-order valence-corrected chi connectivity index (χ3v) is 2.39. The van der Waals surface area contributed by atoms with Crippen molar-refractivity contribution < 1.29 is 9.66 Å². The zero-order chi connectivity index (χ0) is 13.2. The van der Waals surface area contributed by atoms with Gasteiger partial charge in [-0.25, -0.2) is 0 Å². The van der Waals surface area contributed by atoms with E-state index < -0.39 is 0 Å². The molecule has 0 bridgehead atoms. The number of nitro benzene ring substituents is 1. The minimum atomic E-state index is -0.363. The minimum absolute atomic E-state index is 0.151. The quantitative estimate of drug-likeness (QED) is 0.316. The molecule has 0 aliphatic rings. The van der Waals surface area contributed by atoms with E-state index in [1.54, 1.807) is 24.3 Å². The van der Waals surface area contributed by atoms with E-state index in [-0.39, 0.29) is 10.6 Å². The van der Waals surface area contributed by atoms with Crippen LogP contribution in [0, 0.1) is 10.1 Å². The molecule has 0 heterocycles. The van der Waals surface area contributed by atoms with Crippen molar-refractivity contribution in [2.24, 2.45) is 0 Å². The van der Waals surface area contributed by atoms with E-state index in [1.165, 1.54) is 6.07 Å². The van der Waals surface area contributed by atoms with Crippen LogP contribution in [0.1, 0.15) is 12.0 Å². The highest BCUT2D eigenvalue weighted by Crippen LogP contribution is 2.16. The predicted molar refractivity (Wildman–Crippen MR) is 70.4 cm³/mol. The molecule has 0 atom stereocenters. The molecule has 1 rings (SSSR count). The lowest BCUT2D eigenvalue weighted by atomic mass is 10.2. The van der Waals surface area contributed by atoms with Gasteiger partial charge >= 0.3 is 0 Å². The largest absolute Gasteiger partial charge is 0.380 e. The summed E-state index contributed by atoms with van der Waals surface area (Å²) in [5, 5.41) is 13.9. The molecular weight excluding hydrogens is 232 g/mol. The highest BCUT2D eigenvalue weighted by atomic mass is 16.6. The second-order valence-corrected chi connectivity index (χ2v) is 3.75. The molecule has 0 saturated carbocycles. The van der Waals surface area contributed by atoms with Crippen LogP contribution < -0.4 is 5.32 Å². The summed E-state index contributed by atoms with van der Waals surface area (Å²) in [6.45, 7) is 6.00. The third-order valence-electron chi connectivity index (χ3n) is 2.39. The van der Waals surface area contributed by atoms with Crippen LogP contribution in [0.2, 0.25) is 0 Å². The van der Waals surface area contributed by atoms with Crippen LogP contribution in [0.5, 0.6) is 0 Å². The molecular formula is C13H18N2O3. The molecule has 0 spiro atoms. The molecule has 5 heteroatoms. The second kappa shape index (κ2) is 8.38. The molecule has 0 radical (unpaired) electrons. The fourth-order valence-electron chi connectivity index (χ4n) is 1.47. The van der Waals surface area contributed by atoms with E-state index in [0.717, 1.165) is 6.42 Å². The number of para-hydroxylation sites is 1. The van der Waals surface area contributed by atoms with Gasteiger partial charge in [-0.3, -0.25) is 10.1 Å². The number of benzene rings is 1. The first-order valence-electron chi connectivity index (χ1n) is 5.87. The molecule has 1 aromatic carbocycles. The molecule has 0 aromatic heterocycles. The van der Waals surface area contributed by atoms with Crippen LogP contribution in [0.3, 0.4) is 0 Å². The van der Waals surface area contributed by atoms with E-state index in [1.807, 2.05) is 0 Å². The molecule has 0 fully saturated rings. The molecule has 0 aliphatic carbocycles. The average Bonchev–Trinajstić information content (AvgIpc) is 2.38. The molecule has 0 saturated heterocycles. The number of nitrogens with one attached hydrogen (secondary N) is 1. The van der Waals surface area contributed by atoms with Crippen molar-refractivity contribution in [3.63, 3.8) is 0 Å². The first-order valence-corrected chi connectivity index (χ1v) is 5.87. The van der Waals surface area contributed by atoms with Crippen LogP contribution >= 0.6 is 0 Å². The lowest BCUT2D eigenvalue weighted by Gasteiger charge is -2.06. The van der Waals surface area contributed by atoms with Gasteiger partial charge in [0.15, 0.2) is 0 Å². The Hall–Kier alpha value is -1.72. The summed E-state index contributed by atoms with van der Waals surface area (Å²) in [6.07, 6.45) is 2.64. The normalized spacial score (nSPS) is 10.2. The van der Waals surface area contributed by atoms with Crippen LogP contribution in [0.4, 0.5) is 5.69 Å². The lowest BCUT2D eigenvalue weighted by molar-refractivity contribution is -0.385. The van der Waals surface area contributed by atoms with E-state index in [4.69, 9.17) is 4.74 Å².